The molecule has 0 aliphatic carbocycles. The van der Waals surface area contributed by atoms with Crippen LogP contribution < -0.4 is 20.4 Å². The molecule has 2 aromatic carbocycles. The minimum atomic E-state index is -0.254. The van der Waals surface area contributed by atoms with E-state index in [0.29, 0.717) is 0 Å². The highest BCUT2D eigenvalue weighted by atomic mass is 16.2. The van der Waals surface area contributed by atoms with Gasteiger partial charge in [0.2, 0.25) is 5.95 Å². The highest BCUT2D eigenvalue weighted by molar-refractivity contribution is 5.99. The Morgan fingerprint density at radius 3 is 1.93 bits per heavy atom. The number of hydrogen-bond acceptors (Lipinski definition) is 5. The number of aromatic nitrogens is 2. The number of carbonyl (C=O) groups is 1. The van der Waals surface area contributed by atoms with Crippen molar-refractivity contribution >= 4 is 29.0 Å². The molecule has 0 atom stereocenters. The van der Waals surface area contributed by atoms with Gasteiger partial charge in [-0.1, -0.05) is 18.2 Å². The average Bonchev–Trinajstić information content (AvgIpc) is 2.76. The first-order valence-corrected chi connectivity index (χ1v) is 9.28. The molecule has 4 rings (SSSR count). The molecule has 3 aromatic rings. The summed E-state index contributed by atoms with van der Waals surface area (Å²) in [4.78, 5) is 25.2. The molecule has 0 radical (unpaired) electrons. The first kappa shape index (κ1) is 17.8. The smallest absolute Gasteiger partial charge is 0.323 e. The topological polar surface area (TPSA) is 73.4 Å². The van der Waals surface area contributed by atoms with E-state index >= 15 is 0 Å². The number of amides is 2. The number of nitrogens with zero attached hydrogens (tertiary/aromatic N) is 4. The van der Waals surface area contributed by atoms with Gasteiger partial charge in [-0.2, -0.15) is 0 Å². The van der Waals surface area contributed by atoms with E-state index < -0.39 is 0 Å². The minimum Gasteiger partial charge on any atom is -0.368 e. The maximum atomic E-state index is 12.1. The fraction of sp³-hybridized carbons (Fsp3) is 0.190. The summed E-state index contributed by atoms with van der Waals surface area (Å²) in [5, 5.41) is 5.67. The van der Waals surface area contributed by atoms with Gasteiger partial charge < -0.3 is 20.4 Å². The summed E-state index contributed by atoms with van der Waals surface area (Å²) >= 11 is 0. The SMILES string of the molecule is O=C(Nc1ccccc1)Nc1ccc(N2CCN(c3ncccn3)CC2)cc1. The van der Waals surface area contributed by atoms with Crippen LogP contribution >= 0.6 is 0 Å². The van der Waals surface area contributed by atoms with Crippen LogP contribution in [0, 0.1) is 0 Å². The van der Waals surface area contributed by atoms with Crippen LogP contribution in [0.1, 0.15) is 0 Å². The fourth-order valence-electron chi connectivity index (χ4n) is 3.19. The van der Waals surface area contributed by atoms with Crippen molar-refractivity contribution in [2.24, 2.45) is 0 Å². The zero-order valence-electron chi connectivity index (χ0n) is 15.5. The predicted molar refractivity (Wildman–Crippen MR) is 112 cm³/mol. The van der Waals surface area contributed by atoms with Gasteiger partial charge in [0, 0.05) is 55.6 Å². The zero-order valence-corrected chi connectivity index (χ0v) is 15.5. The molecule has 1 aliphatic rings. The Morgan fingerprint density at radius 1 is 0.714 bits per heavy atom. The summed E-state index contributed by atoms with van der Waals surface area (Å²) in [6, 6.07) is 18.9. The summed E-state index contributed by atoms with van der Waals surface area (Å²) < 4.78 is 0. The van der Waals surface area contributed by atoms with Gasteiger partial charge in [0.15, 0.2) is 0 Å². The molecule has 2 heterocycles. The van der Waals surface area contributed by atoms with Crippen LogP contribution in [0.15, 0.2) is 73.1 Å². The predicted octanol–water partition coefficient (Wildman–Crippen LogP) is 3.45. The summed E-state index contributed by atoms with van der Waals surface area (Å²) in [5.74, 6) is 0.783. The molecule has 7 nitrogen and oxygen atoms in total. The molecule has 1 fully saturated rings. The van der Waals surface area contributed by atoms with Crippen LogP contribution in [-0.4, -0.2) is 42.2 Å². The van der Waals surface area contributed by atoms with Gasteiger partial charge in [-0.3, -0.25) is 0 Å². The van der Waals surface area contributed by atoms with Gasteiger partial charge >= 0.3 is 6.03 Å². The van der Waals surface area contributed by atoms with Gasteiger partial charge in [0.05, 0.1) is 0 Å². The maximum Gasteiger partial charge on any atom is 0.323 e. The summed E-state index contributed by atoms with van der Waals surface area (Å²) in [7, 11) is 0. The van der Waals surface area contributed by atoms with Crippen LogP contribution in [0.5, 0.6) is 0 Å². The fourth-order valence-corrected chi connectivity index (χ4v) is 3.19. The van der Waals surface area contributed by atoms with Crippen LogP contribution in [0.3, 0.4) is 0 Å². The molecule has 0 saturated carbocycles. The van der Waals surface area contributed by atoms with E-state index in [1.807, 2.05) is 60.7 Å². The van der Waals surface area contributed by atoms with E-state index in [1.54, 1.807) is 12.4 Å². The Morgan fingerprint density at radius 2 is 1.29 bits per heavy atom. The van der Waals surface area contributed by atoms with Gasteiger partial charge in [-0.25, -0.2) is 14.8 Å². The van der Waals surface area contributed by atoms with E-state index in [1.165, 1.54) is 0 Å². The Hall–Kier alpha value is -3.61. The van der Waals surface area contributed by atoms with Crippen molar-refractivity contribution in [3.05, 3.63) is 73.1 Å². The van der Waals surface area contributed by atoms with E-state index in [-0.39, 0.29) is 6.03 Å². The molecule has 28 heavy (non-hydrogen) atoms. The molecule has 0 spiro atoms. The van der Waals surface area contributed by atoms with Crippen molar-refractivity contribution in [3.63, 3.8) is 0 Å². The number of nitrogens with one attached hydrogen (secondary N) is 2. The summed E-state index contributed by atoms with van der Waals surface area (Å²) in [6.07, 6.45) is 3.54. The Kier molecular flexibility index (Phi) is 5.33. The van der Waals surface area contributed by atoms with Gasteiger partial charge in [0.25, 0.3) is 0 Å². The number of benzene rings is 2. The Bertz CT molecular complexity index is 893. The van der Waals surface area contributed by atoms with Crippen molar-refractivity contribution in [3.8, 4) is 0 Å². The van der Waals surface area contributed by atoms with Crippen LogP contribution in [0.2, 0.25) is 0 Å². The number of urea groups is 1. The van der Waals surface area contributed by atoms with Crippen LogP contribution in [0.25, 0.3) is 0 Å². The first-order chi connectivity index (χ1) is 13.8. The number of anilines is 4. The third kappa shape index (κ3) is 4.37. The average molecular weight is 374 g/mol. The molecule has 1 aromatic heterocycles. The Labute approximate surface area is 164 Å². The molecule has 1 aliphatic heterocycles. The second-order valence-corrected chi connectivity index (χ2v) is 6.51. The number of rotatable bonds is 4. The monoisotopic (exact) mass is 374 g/mol. The molecule has 0 bridgehead atoms. The molecule has 0 unspecified atom stereocenters. The number of para-hydroxylation sites is 1. The number of piperazine rings is 1. The van der Waals surface area contributed by atoms with Gasteiger partial charge in [0.1, 0.15) is 0 Å². The lowest BCUT2D eigenvalue weighted by Gasteiger charge is -2.36. The number of carbonyl (C=O) groups excluding carboxylic acids is 1. The van der Waals surface area contributed by atoms with Gasteiger partial charge in [-0.15, -0.1) is 0 Å². The lowest BCUT2D eigenvalue weighted by Crippen LogP contribution is -2.47. The Balaban J connectivity index is 1.31. The van der Waals surface area contributed by atoms with Crippen molar-refractivity contribution in [2.45, 2.75) is 0 Å². The molecule has 142 valence electrons. The van der Waals surface area contributed by atoms with E-state index in [9.17, 15) is 4.79 Å². The molecular formula is C21H22N6O. The standard InChI is InChI=1S/C21H22N6O/c28-21(24-17-5-2-1-3-6-17)25-18-7-9-19(10-8-18)26-13-15-27(16-14-26)20-22-11-4-12-23-20/h1-12H,13-16H2,(H2,24,25,28). The summed E-state index contributed by atoms with van der Waals surface area (Å²) in [5.41, 5.74) is 2.66. The van der Waals surface area contributed by atoms with Crippen LogP contribution in [-0.2, 0) is 0 Å². The minimum absolute atomic E-state index is 0.254. The molecule has 2 amide bonds. The van der Waals surface area contributed by atoms with Crippen LogP contribution in [0.4, 0.5) is 27.8 Å². The van der Waals surface area contributed by atoms with Crippen molar-refractivity contribution in [2.75, 3.05) is 46.6 Å². The second kappa shape index (κ2) is 8.39. The van der Waals surface area contributed by atoms with E-state index in [0.717, 1.165) is 49.2 Å². The molecular weight excluding hydrogens is 352 g/mol. The number of hydrogen-bond donors (Lipinski definition) is 2. The quantitative estimate of drug-likeness (QED) is 0.732. The first-order valence-electron chi connectivity index (χ1n) is 9.28. The maximum absolute atomic E-state index is 12.1. The highest BCUT2D eigenvalue weighted by Gasteiger charge is 2.19. The molecule has 7 heteroatoms. The third-order valence-electron chi connectivity index (χ3n) is 4.64. The van der Waals surface area contributed by atoms with Crippen molar-refractivity contribution < 1.29 is 4.79 Å². The largest absolute Gasteiger partial charge is 0.368 e. The summed E-state index contributed by atoms with van der Waals surface area (Å²) in [6.45, 7) is 3.56. The van der Waals surface area contributed by atoms with E-state index in [4.69, 9.17) is 0 Å². The molecule has 1 saturated heterocycles. The van der Waals surface area contributed by atoms with E-state index in [2.05, 4.69) is 30.4 Å². The zero-order chi connectivity index (χ0) is 19.2. The third-order valence-corrected chi connectivity index (χ3v) is 4.64. The van der Waals surface area contributed by atoms with Crippen molar-refractivity contribution in [1.82, 2.24) is 9.97 Å². The lowest BCUT2D eigenvalue weighted by atomic mass is 10.2. The van der Waals surface area contributed by atoms with Crippen molar-refractivity contribution in [1.29, 1.82) is 0 Å². The molecule has 2 N–H and O–H groups in total. The lowest BCUT2D eigenvalue weighted by molar-refractivity contribution is 0.262. The highest BCUT2D eigenvalue weighted by Crippen LogP contribution is 2.21. The second-order valence-electron chi connectivity index (χ2n) is 6.51. The normalized spacial score (nSPS) is 13.9. The van der Waals surface area contributed by atoms with Gasteiger partial charge in [-0.05, 0) is 42.5 Å².